The second-order valence-corrected chi connectivity index (χ2v) is 7.43. The van der Waals surface area contributed by atoms with E-state index in [1.54, 1.807) is 12.1 Å². The number of pyridine rings is 1. The first-order chi connectivity index (χ1) is 16.1. The number of aromatic nitrogens is 8. The molecule has 0 saturated carbocycles. The van der Waals surface area contributed by atoms with E-state index in [0.717, 1.165) is 18.7 Å². The summed E-state index contributed by atoms with van der Waals surface area (Å²) in [7, 11) is 1.41. The van der Waals surface area contributed by atoms with E-state index in [0.29, 0.717) is 23.4 Å². The van der Waals surface area contributed by atoms with Crippen molar-refractivity contribution in [3.63, 3.8) is 0 Å². The van der Waals surface area contributed by atoms with Crippen molar-refractivity contribution in [1.82, 2.24) is 39.5 Å². The molecule has 0 bridgehead atoms. The van der Waals surface area contributed by atoms with Gasteiger partial charge in [0.15, 0.2) is 17.3 Å². The van der Waals surface area contributed by atoms with Gasteiger partial charge in [-0.05, 0) is 25.5 Å². The third kappa shape index (κ3) is 3.65. The number of rotatable bonds is 5. The Hall–Kier alpha value is -4.66. The van der Waals surface area contributed by atoms with Crippen LogP contribution in [0.4, 0.5) is 5.82 Å². The summed E-state index contributed by atoms with van der Waals surface area (Å²) < 4.78 is 8.67. The lowest BCUT2D eigenvalue weighted by Gasteiger charge is -2.10. The zero-order valence-electron chi connectivity index (χ0n) is 17.8. The number of fused-ring (bicyclic) bond motifs is 1. The van der Waals surface area contributed by atoms with Crippen molar-refractivity contribution in [2.24, 2.45) is 0 Å². The molecule has 0 aromatic carbocycles. The molecule has 0 unspecified atom stereocenters. The maximum Gasteiger partial charge on any atom is 0.263 e. The van der Waals surface area contributed by atoms with Crippen LogP contribution in [-0.4, -0.2) is 52.5 Å². The first kappa shape index (κ1) is 20.3. The molecule has 4 aromatic heterocycles. The predicted octanol–water partition coefficient (Wildman–Crippen LogP) is 1.96. The van der Waals surface area contributed by atoms with E-state index in [9.17, 15) is 4.79 Å². The highest BCUT2D eigenvalue weighted by Gasteiger charge is 2.25. The number of carbonyl (C=O) groups excluding carboxylic acids is 1. The van der Waals surface area contributed by atoms with Crippen molar-refractivity contribution in [2.45, 2.75) is 25.8 Å². The monoisotopic (exact) mass is 442 g/mol. The third-order valence-electron chi connectivity index (χ3n) is 5.30. The lowest BCUT2D eigenvalue weighted by molar-refractivity contribution is 0.102. The highest BCUT2D eigenvalue weighted by molar-refractivity contribution is 6.05. The summed E-state index contributed by atoms with van der Waals surface area (Å²) in [4.78, 5) is 25.6. The van der Waals surface area contributed by atoms with Crippen molar-refractivity contribution in [2.75, 3.05) is 12.4 Å². The van der Waals surface area contributed by atoms with Gasteiger partial charge in [0.2, 0.25) is 5.88 Å². The van der Waals surface area contributed by atoms with Crippen molar-refractivity contribution < 1.29 is 9.53 Å². The van der Waals surface area contributed by atoms with Crippen molar-refractivity contribution >= 4 is 11.7 Å². The van der Waals surface area contributed by atoms with Gasteiger partial charge in [0.05, 0.1) is 19.5 Å². The zero-order chi connectivity index (χ0) is 22.9. The van der Waals surface area contributed by atoms with Gasteiger partial charge in [0, 0.05) is 18.7 Å². The van der Waals surface area contributed by atoms with Crippen LogP contribution in [0.5, 0.6) is 5.88 Å². The number of nitrogens with zero attached hydrogens (tertiary/aromatic N) is 9. The highest BCUT2D eigenvalue weighted by atomic mass is 16.5. The Bertz CT molecular complexity index is 1400. The van der Waals surface area contributed by atoms with Gasteiger partial charge in [0.1, 0.15) is 29.0 Å². The summed E-state index contributed by atoms with van der Waals surface area (Å²) in [6, 6.07) is 7.52. The van der Waals surface area contributed by atoms with Gasteiger partial charge < -0.3 is 14.6 Å². The topological polar surface area (TPSA) is 149 Å². The van der Waals surface area contributed by atoms with E-state index >= 15 is 0 Å². The van der Waals surface area contributed by atoms with E-state index < -0.39 is 5.91 Å². The minimum atomic E-state index is -0.466. The number of hydrogen-bond acceptors (Lipinski definition) is 9. The van der Waals surface area contributed by atoms with Crippen LogP contribution in [0.3, 0.4) is 0 Å². The van der Waals surface area contributed by atoms with E-state index in [1.165, 1.54) is 30.4 Å². The maximum absolute atomic E-state index is 13.0. The van der Waals surface area contributed by atoms with Crippen LogP contribution in [0.25, 0.3) is 17.3 Å². The molecule has 1 aliphatic rings. The van der Waals surface area contributed by atoms with Gasteiger partial charge in [-0.25, -0.2) is 14.6 Å². The molecule has 0 saturated heterocycles. The Morgan fingerprint density at radius 1 is 1.27 bits per heavy atom. The Morgan fingerprint density at radius 3 is 2.97 bits per heavy atom. The number of amides is 1. The molecule has 33 heavy (non-hydrogen) atoms. The molecular weight excluding hydrogens is 424 g/mol. The highest BCUT2D eigenvalue weighted by Crippen LogP contribution is 2.30. The second kappa shape index (κ2) is 8.12. The van der Waals surface area contributed by atoms with Gasteiger partial charge in [-0.15, -0.1) is 15.3 Å². The zero-order valence-corrected chi connectivity index (χ0v) is 17.8. The second-order valence-electron chi connectivity index (χ2n) is 7.43. The molecule has 0 radical (unpaired) electrons. The van der Waals surface area contributed by atoms with Gasteiger partial charge in [-0.1, -0.05) is 6.07 Å². The number of nitriles is 1. The number of anilines is 1. The van der Waals surface area contributed by atoms with Gasteiger partial charge >= 0.3 is 0 Å². The first-order valence-corrected chi connectivity index (χ1v) is 10.2. The molecule has 1 amide bonds. The van der Waals surface area contributed by atoms with Gasteiger partial charge in [0.25, 0.3) is 5.91 Å². The SMILES string of the molecule is COc1nn(-c2cncc(C#N)n2)cc1C(=O)Nc1cccc(-c2nnc3n2[C@@H](C)CC3)n1. The quantitative estimate of drug-likeness (QED) is 0.489. The molecule has 0 aliphatic carbocycles. The molecular formula is C21H18N10O2. The summed E-state index contributed by atoms with van der Waals surface area (Å²) in [6.07, 6.45) is 6.12. The minimum absolute atomic E-state index is 0.0944. The van der Waals surface area contributed by atoms with Crippen LogP contribution in [0, 0.1) is 11.3 Å². The average molecular weight is 442 g/mol. The Balaban J connectivity index is 1.42. The minimum Gasteiger partial charge on any atom is -0.479 e. The lowest BCUT2D eigenvalue weighted by atomic mass is 10.2. The van der Waals surface area contributed by atoms with Crippen molar-refractivity contribution in [3.05, 3.63) is 53.9 Å². The van der Waals surface area contributed by atoms with Crippen LogP contribution in [0.15, 0.2) is 36.8 Å². The van der Waals surface area contributed by atoms with Gasteiger partial charge in [-0.2, -0.15) is 5.26 Å². The normalized spacial score (nSPS) is 14.5. The fourth-order valence-electron chi connectivity index (χ4n) is 3.71. The molecule has 5 rings (SSSR count). The maximum atomic E-state index is 13.0. The average Bonchev–Trinajstić information content (AvgIpc) is 3.55. The van der Waals surface area contributed by atoms with Crippen LogP contribution in [0.1, 0.15) is 41.3 Å². The third-order valence-corrected chi connectivity index (χ3v) is 5.30. The molecule has 0 fully saturated rings. The molecule has 4 aromatic rings. The van der Waals surface area contributed by atoms with Crippen LogP contribution in [0.2, 0.25) is 0 Å². The summed E-state index contributed by atoms with van der Waals surface area (Å²) in [5.74, 6) is 1.87. The molecule has 5 heterocycles. The molecule has 0 spiro atoms. The van der Waals surface area contributed by atoms with Crippen LogP contribution < -0.4 is 10.1 Å². The van der Waals surface area contributed by atoms with E-state index in [2.05, 4.69) is 47.1 Å². The summed E-state index contributed by atoms with van der Waals surface area (Å²) in [5.41, 5.74) is 0.917. The summed E-state index contributed by atoms with van der Waals surface area (Å²) in [5, 5.41) is 24.6. The van der Waals surface area contributed by atoms with E-state index in [-0.39, 0.29) is 23.0 Å². The van der Waals surface area contributed by atoms with Crippen LogP contribution in [-0.2, 0) is 6.42 Å². The first-order valence-electron chi connectivity index (χ1n) is 10.2. The Labute approximate surface area is 187 Å². The molecule has 1 aliphatic heterocycles. The number of aryl methyl sites for hydroxylation is 1. The van der Waals surface area contributed by atoms with E-state index in [1.807, 2.05) is 12.1 Å². The number of carbonyl (C=O) groups is 1. The molecule has 1 N–H and O–H groups in total. The number of ether oxygens (including phenoxy) is 1. The number of methoxy groups -OCH3 is 1. The van der Waals surface area contributed by atoms with Crippen LogP contribution >= 0.6 is 0 Å². The van der Waals surface area contributed by atoms with E-state index in [4.69, 9.17) is 10.00 Å². The Morgan fingerprint density at radius 2 is 2.15 bits per heavy atom. The molecule has 12 heteroatoms. The van der Waals surface area contributed by atoms with Crippen molar-refractivity contribution in [3.8, 4) is 29.3 Å². The largest absolute Gasteiger partial charge is 0.479 e. The smallest absolute Gasteiger partial charge is 0.263 e. The van der Waals surface area contributed by atoms with Gasteiger partial charge in [-0.3, -0.25) is 9.78 Å². The molecule has 164 valence electrons. The summed E-state index contributed by atoms with van der Waals surface area (Å²) >= 11 is 0. The number of nitrogens with one attached hydrogen (secondary N) is 1. The standard InChI is InChI=1S/C21H18N10O2/c1-12-6-7-17-27-28-19(31(12)17)15-4-3-5-16(25-15)26-20(32)14-11-30(29-21(14)33-2)18-10-23-9-13(8-22)24-18/h3-5,9-12H,6-7H2,1-2H3,(H,25,26,32)/t12-/m0/s1. The molecule has 1 atom stereocenters. The fourth-order valence-corrected chi connectivity index (χ4v) is 3.71. The summed E-state index contributed by atoms with van der Waals surface area (Å²) in [6.45, 7) is 2.12. The number of hydrogen-bond donors (Lipinski definition) is 1. The predicted molar refractivity (Wildman–Crippen MR) is 115 cm³/mol. The lowest BCUT2D eigenvalue weighted by Crippen LogP contribution is -2.14. The Kier molecular flexibility index (Phi) is 4.98. The van der Waals surface area contributed by atoms with Crippen molar-refractivity contribution in [1.29, 1.82) is 5.26 Å². The fraction of sp³-hybridized carbons (Fsp3) is 0.238. The molecule has 12 nitrogen and oxygen atoms in total.